The normalized spacial score (nSPS) is 18.3. The zero-order chi connectivity index (χ0) is 59.6. The molecule has 0 unspecified atom stereocenters. The van der Waals surface area contributed by atoms with Crippen LogP contribution in [0.15, 0.2) is 35.2 Å². The fourth-order valence-corrected chi connectivity index (χ4v) is 12.1. The molecule has 0 radical (unpaired) electrons. The first-order valence-electron chi connectivity index (χ1n) is 30.0. The van der Waals surface area contributed by atoms with Gasteiger partial charge >= 0.3 is 0 Å². The lowest BCUT2D eigenvalue weighted by atomic mass is 10.1. The maximum atomic E-state index is 6.44. The summed E-state index contributed by atoms with van der Waals surface area (Å²) in [5.41, 5.74) is 9.84. The molecule has 4 fully saturated rings. The van der Waals surface area contributed by atoms with Gasteiger partial charge in [0, 0.05) is 77.1 Å². The van der Waals surface area contributed by atoms with Crippen LogP contribution in [0.3, 0.4) is 0 Å². The molecule has 20 heteroatoms. The molecule has 4 atom stereocenters. The van der Waals surface area contributed by atoms with Gasteiger partial charge < -0.3 is 39.0 Å². The summed E-state index contributed by atoms with van der Waals surface area (Å²) in [6, 6.07) is 7.44. The average molecular weight is 1260 g/mol. The van der Waals surface area contributed by atoms with Gasteiger partial charge in [0.05, 0.1) is 101 Å². The summed E-state index contributed by atoms with van der Waals surface area (Å²) >= 11 is 21.8. The maximum absolute atomic E-state index is 6.44. The SMILES string of the molecule is CCc1cnc(CC)c(Cl)n1.CCc1cnc(CC)c(N2CCC[C@@H]2COC)n1.CCc1nc(N2CCC[C@@H]2COC)c(CC)nc1-c1ccc(Cl)cc1Cl.CCc1nc(N2CCC[C@@H]2COC)c(CC)nc1Br.COC[C@H]1CCCN1. The quantitative estimate of drug-likeness (QED) is 0.0783. The van der Waals surface area contributed by atoms with Crippen molar-refractivity contribution in [1.82, 2.24) is 45.2 Å². The van der Waals surface area contributed by atoms with Crippen LogP contribution in [0.4, 0.5) is 17.5 Å². The third-order valence-corrected chi connectivity index (χ3v) is 16.7. The van der Waals surface area contributed by atoms with E-state index >= 15 is 0 Å². The van der Waals surface area contributed by atoms with E-state index in [9.17, 15) is 0 Å². The zero-order valence-corrected chi connectivity index (χ0v) is 55.1. The summed E-state index contributed by atoms with van der Waals surface area (Å²) in [4.78, 5) is 44.3. The van der Waals surface area contributed by atoms with Crippen molar-refractivity contribution < 1.29 is 18.9 Å². The van der Waals surface area contributed by atoms with Crippen LogP contribution < -0.4 is 20.0 Å². The minimum Gasteiger partial charge on any atom is -0.383 e. The van der Waals surface area contributed by atoms with Crippen LogP contribution in [-0.2, 0) is 70.3 Å². The molecular weight excluding hydrogens is 1160 g/mol. The van der Waals surface area contributed by atoms with E-state index in [1.807, 2.05) is 32.2 Å². The van der Waals surface area contributed by atoms with Crippen molar-refractivity contribution >= 4 is 68.2 Å². The van der Waals surface area contributed by atoms with Crippen molar-refractivity contribution in [2.24, 2.45) is 0 Å². The molecule has 0 spiro atoms. The van der Waals surface area contributed by atoms with Gasteiger partial charge in [0.2, 0.25) is 0 Å². The smallest absolute Gasteiger partial charge is 0.151 e. The van der Waals surface area contributed by atoms with Crippen molar-refractivity contribution in [1.29, 1.82) is 0 Å². The topological polar surface area (TPSA) is 162 Å². The number of methoxy groups -OCH3 is 4. The molecule has 4 aliphatic rings. The highest BCUT2D eigenvalue weighted by molar-refractivity contribution is 9.10. The number of rotatable bonds is 20. The highest BCUT2D eigenvalue weighted by Crippen LogP contribution is 2.36. The first kappa shape index (κ1) is 68.9. The molecule has 0 amide bonds. The summed E-state index contributed by atoms with van der Waals surface area (Å²) in [6.45, 7) is 24.2. The van der Waals surface area contributed by atoms with Gasteiger partial charge in [-0.05, 0) is 143 Å². The lowest BCUT2D eigenvalue weighted by molar-refractivity contribution is 0.173. The fourth-order valence-electron chi connectivity index (χ4n) is 10.7. The lowest BCUT2D eigenvalue weighted by Gasteiger charge is -2.27. The standard InChI is InChI=1S/C20H25Cl2N3O.C14H22BrN3O.C14H23N3O.C8H11ClN2.C6H13NO/c1-4-17-19(15-9-8-13(21)11-16(15)22)23-18(5-2)20(24-17)25-10-6-7-14(25)12-26-3;1-4-11-13(15)16-12(5-2)14(17-11)18-8-6-7-10(18)9-19-3;1-4-11-9-15-13(5-2)14(16-11)17-8-6-7-12(17)10-18-3;1-3-6-5-10-7(4-2)8(9)11-6;1-8-5-6-3-2-4-7-6/h8-9,11,14H,4-7,10,12H2,1-3H3;10H,4-9H2,1-3H3;9,12H,4-8,10H2,1-3H3;5H,3-4H2,1-2H3;6-7H,2-5H2,1H3/t14-;10-;12-;;6-/m111.1/s1. The van der Waals surface area contributed by atoms with Gasteiger partial charge in [0.1, 0.15) is 4.60 Å². The minimum atomic E-state index is 0.370. The summed E-state index contributed by atoms with van der Waals surface area (Å²) in [5, 5.41) is 5.11. The van der Waals surface area contributed by atoms with E-state index in [1.54, 1.807) is 40.7 Å². The van der Waals surface area contributed by atoms with Crippen molar-refractivity contribution in [3.05, 3.63) is 95.9 Å². The highest BCUT2D eigenvalue weighted by Gasteiger charge is 2.31. The van der Waals surface area contributed by atoms with E-state index in [2.05, 4.69) is 97.4 Å². The third-order valence-electron chi connectivity index (χ3n) is 15.2. The predicted octanol–water partition coefficient (Wildman–Crippen LogP) is 13.0. The van der Waals surface area contributed by atoms with E-state index in [-0.39, 0.29) is 0 Å². The number of anilines is 3. The van der Waals surface area contributed by atoms with Gasteiger partial charge in [-0.25, -0.2) is 29.9 Å². The van der Waals surface area contributed by atoms with Crippen molar-refractivity contribution in [2.75, 3.05) is 95.7 Å². The van der Waals surface area contributed by atoms with Gasteiger partial charge in [-0.3, -0.25) is 9.97 Å². The Kier molecular flexibility index (Phi) is 30.9. The van der Waals surface area contributed by atoms with Crippen LogP contribution in [0.2, 0.25) is 15.2 Å². The van der Waals surface area contributed by atoms with Gasteiger partial charge in [-0.15, -0.1) is 0 Å². The predicted molar refractivity (Wildman–Crippen MR) is 341 cm³/mol. The number of hydrogen-bond donors (Lipinski definition) is 1. The number of aryl methyl sites for hydroxylation is 8. The minimum absolute atomic E-state index is 0.370. The molecule has 82 heavy (non-hydrogen) atoms. The Bertz CT molecular complexity index is 2690. The first-order valence-corrected chi connectivity index (χ1v) is 32.0. The van der Waals surface area contributed by atoms with Crippen LogP contribution >= 0.6 is 50.7 Å². The van der Waals surface area contributed by atoms with Crippen molar-refractivity contribution in [3.8, 4) is 11.3 Å². The molecule has 16 nitrogen and oxygen atoms in total. The second-order valence-corrected chi connectivity index (χ2v) is 22.7. The summed E-state index contributed by atoms with van der Waals surface area (Å²) in [7, 11) is 7.04. The van der Waals surface area contributed by atoms with E-state index < -0.39 is 0 Å². The Labute approximate surface area is 514 Å². The van der Waals surface area contributed by atoms with E-state index in [0.29, 0.717) is 39.4 Å². The molecule has 8 heterocycles. The largest absolute Gasteiger partial charge is 0.383 e. The average Bonchev–Trinajstić information content (AvgIpc) is 4.51. The first-order chi connectivity index (χ1) is 39.8. The van der Waals surface area contributed by atoms with Crippen molar-refractivity contribution in [2.45, 2.75) is 182 Å². The Balaban J connectivity index is 0.000000197. The Morgan fingerprint density at radius 3 is 1.40 bits per heavy atom. The number of nitrogens with zero attached hydrogens (tertiary/aromatic N) is 11. The Hall–Kier alpha value is -3.91. The number of hydrogen-bond acceptors (Lipinski definition) is 16. The molecule has 0 saturated carbocycles. The molecule has 4 aromatic heterocycles. The molecule has 4 saturated heterocycles. The van der Waals surface area contributed by atoms with Gasteiger partial charge in [0.15, 0.2) is 22.6 Å². The van der Waals surface area contributed by atoms with Crippen LogP contribution in [-0.4, -0.2) is 145 Å². The second-order valence-electron chi connectivity index (χ2n) is 20.8. The molecule has 454 valence electrons. The summed E-state index contributed by atoms with van der Waals surface area (Å²) in [5.74, 6) is 3.14. The Morgan fingerprint density at radius 2 is 0.963 bits per heavy atom. The summed E-state index contributed by atoms with van der Waals surface area (Å²) < 4.78 is 21.9. The molecule has 0 aliphatic carbocycles. The van der Waals surface area contributed by atoms with Crippen LogP contribution in [0.25, 0.3) is 11.3 Å². The number of benzene rings is 1. The highest BCUT2D eigenvalue weighted by atomic mass is 79.9. The van der Waals surface area contributed by atoms with Gasteiger partial charge in [-0.1, -0.05) is 90.2 Å². The van der Waals surface area contributed by atoms with Crippen LogP contribution in [0, 0.1) is 0 Å². The van der Waals surface area contributed by atoms with E-state index in [1.165, 1.54) is 45.1 Å². The van der Waals surface area contributed by atoms with Crippen molar-refractivity contribution in [3.63, 3.8) is 0 Å². The number of nitrogens with one attached hydrogen (secondary N) is 1. The molecule has 1 aromatic carbocycles. The molecule has 1 N–H and O–H groups in total. The maximum Gasteiger partial charge on any atom is 0.151 e. The van der Waals surface area contributed by atoms with Gasteiger partial charge in [-0.2, -0.15) is 0 Å². The molecule has 9 rings (SSSR count). The third kappa shape index (κ3) is 19.6. The lowest BCUT2D eigenvalue weighted by Crippen LogP contribution is -2.34. The van der Waals surface area contributed by atoms with Crippen LogP contribution in [0.1, 0.15) is 152 Å². The number of ether oxygens (including phenoxy) is 4. The molecule has 4 aliphatic heterocycles. The van der Waals surface area contributed by atoms with E-state index in [0.717, 1.165) is 189 Å². The number of aromatic nitrogens is 8. The number of halogens is 4. The second kappa shape index (κ2) is 36.8. The molecule has 5 aromatic rings. The fraction of sp³-hybridized carbons (Fsp3) is 0.645. The van der Waals surface area contributed by atoms with E-state index in [4.69, 9.17) is 73.7 Å². The van der Waals surface area contributed by atoms with Crippen LogP contribution in [0.5, 0.6) is 0 Å². The molecular formula is C62H94BrCl3N12O4. The zero-order valence-electron chi connectivity index (χ0n) is 51.2. The Morgan fingerprint density at radius 1 is 0.500 bits per heavy atom. The summed E-state index contributed by atoms with van der Waals surface area (Å²) in [6.07, 6.45) is 20.4. The molecule has 0 bridgehead atoms. The van der Waals surface area contributed by atoms with Gasteiger partial charge in [0.25, 0.3) is 0 Å². The monoisotopic (exact) mass is 1250 g/mol.